The Bertz CT molecular complexity index is 730. The van der Waals surface area contributed by atoms with Gasteiger partial charge in [0.25, 0.3) is 5.91 Å². The van der Waals surface area contributed by atoms with Crippen LogP contribution in [0.2, 0.25) is 0 Å². The maximum Gasteiger partial charge on any atom is 0.255 e. The fourth-order valence-electron chi connectivity index (χ4n) is 2.18. The average Bonchev–Trinajstić information content (AvgIpc) is 2.62. The minimum absolute atomic E-state index is 0.170. The number of methoxy groups -OCH3 is 1. The largest absolute Gasteiger partial charge is 0.497 e. The van der Waals surface area contributed by atoms with Crippen molar-refractivity contribution in [1.29, 1.82) is 0 Å². The van der Waals surface area contributed by atoms with E-state index in [1.807, 2.05) is 12.1 Å². The summed E-state index contributed by atoms with van der Waals surface area (Å²) in [6.07, 6.45) is 0. The number of benzene rings is 2. The number of amides is 1. The van der Waals surface area contributed by atoms with Crippen LogP contribution in [0.5, 0.6) is 5.75 Å². The van der Waals surface area contributed by atoms with E-state index in [1.165, 1.54) is 4.90 Å². The van der Waals surface area contributed by atoms with E-state index in [-0.39, 0.29) is 5.91 Å². The smallest absolute Gasteiger partial charge is 0.255 e. The molecular weight excluding hydrogens is 348 g/mol. The van der Waals surface area contributed by atoms with Crippen LogP contribution in [0.1, 0.15) is 10.4 Å². The SMILES string of the molecule is COc1ccc(NC(=O)c2ccc(NC(=S)NCC[NH+](C)C)cc2)cc1. The van der Waals surface area contributed by atoms with Gasteiger partial charge in [0, 0.05) is 16.9 Å². The summed E-state index contributed by atoms with van der Waals surface area (Å²) in [7, 11) is 5.79. The van der Waals surface area contributed by atoms with Crippen molar-refractivity contribution in [2.24, 2.45) is 0 Å². The number of nitrogens with one attached hydrogen (secondary N) is 4. The van der Waals surface area contributed by atoms with Crippen molar-refractivity contribution in [2.45, 2.75) is 0 Å². The molecule has 1 amide bonds. The quantitative estimate of drug-likeness (QED) is 0.552. The van der Waals surface area contributed by atoms with Gasteiger partial charge in [-0.05, 0) is 60.7 Å². The standard InChI is InChI=1S/C19H24N4O2S/c1-23(2)13-12-20-19(26)22-16-6-4-14(5-7-16)18(24)21-15-8-10-17(25-3)11-9-15/h4-11H,12-13H2,1-3H3,(H,21,24)(H2,20,22,26)/p+1. The van der Waals surface area contributed by atoms with E-state index in [4.69, 9.17) is 17.0 Å². The average molecular weight is 374 g/mol. The first kappa shape index (κ1) is 19.7. The molecule has 0 fully saturated rings. The highest BCUT2D eigenvalue weighted by Gasteiger charge is 2.07. The zero-order valence-corrected chi connectivity index (χ0v) is 16.1. The van der Waals surface area contributed by atoms with Crippen LogP contribution in [0.4, 0.5) is 11.4 Å². The molecule has 0 heterocycles. The molecule has 0 unspecified atom stereocenters. The van der Waals surface area contributed by atoms with Crippen LogP contribution in [0.15, 0.2) is 48.5 Å². The minimum Gasteiger partial charge on any atom is -0.497 e. The van der Waals surface area contributed by atoms with Crippen LogP contribution < -0.4 is 25.6 Å². The summed E-state index contributed by atoms with van der Waals surface area (Å²) in [5.41, 5.74) is 2.12. The van der Waals surface area contributed by atoms with Crippen LogP contribution in [0.25, 0.3) is 0 Å². The molecule has 6 nitrogen and oxygen atoms in total. The minimum atomic E-state index is -0.170. The molecule has 0 saturated carbocycles. The molecule has 0 aliphatic heterocycles. The molecule has 26 heavy (non-hydrogen) atoms. The van der Waals surface area contributed by atoms with E-state index >= 15 is 0 Å². The van der Waals surface area contributed by atoms with Gasteiger partial charge < -0.3 is 25.6 Å². The zero-order valence-electron chi connectivity index (χ0n) is 15.3. The van der Waals surface area contributed by atoms with Crippen molar-refractivity contribution >= 4 is 34.6 Å². The van der Waals surface area contributed by atoms with Gasteiger partial charge in [-0.1, -0.05) is 0 Å². The molecule has 0 saturated heterocycles. The summed E-state index contributed by atoms with van der Waals surface area (Å²) < 4.78 is 5.10. The summed E-state index contributed by atoms with van der Waals surface area (Å²) in [4.78, 5) is 13.7. The Morgan fingerprint density at radius 2 is 1.58 bits per heavy atom. The lowest BCUT2D eigenvalue weighted by molar-refractivity contribution is -0.856. The molecule has 0 aliphatic carbocycles. The molecule has 7 heteroatoms. The Kier molecular flexibility index (Phi) is 7.37. The molecule has 0 radical (unpaired) electrons. The van der Waals surface area contributed by atoms with E-state index in [0.29, 0.717) is 16.4 Å². The van der Waals surface area contributed by atoms with Gasteiger partial charge in [-0.25, -0.2) is 0 Å². The molecule has 0 spiro atoms. The number of quaternary nitrogens is 1. The summed E-state index contributed by atoms with van der Waals surface area (Å²) in [5, 5.41) is 9.69. The van der Waals surface area contributed by atoms with Crippen LogP contribution in [0, 0.1) is 0 Å². The van der Waals surface area contributed by atoms with Crippen LogP contribution >= 0.6 is 12.2 Å². The number of ether oxygens (including phenoxy) is 1. The Labute approximate surface area is 159 Å². The lowest BCUT2D eigenvalue weighted by Gasteiger charge is -2.12. The van der Waals surface area contributed by atoms with E-state index in [1.54, 1.807) is 43.5 Å². The molecule has 0 atom stereocenters. The molecule has 138 valence electrons. The molecular formula is C19H25N4O2S+. The third-order valence-electron chi connectivity index (χ3n) is 3.66. The Morgan fingerprint density at radius 3 is 2.15 bits per heavy atom. The van der Waals surface area contributed by atoms with Gasteiger partial charge in [-0.3, -0.25) is 4.79 Å². The molecule has 4 N–H and O–H groups in total. The number of carbonyl (C=O) groups is 1. The fourth-order valence-corrected chi connectivity index (χ4v) is 2.40. The van der Waals surface area contributed by atoms with Gasteiger partial charge in [0.1, 0.15) is 5.75 Å². The highest BCUT2D eigenvalue weighted by atomic mass is 32.1. The van der Waals surface area contributed by atoms with E-state index in [9.17, 15) is 4.79 Å². The lowest BCUT2D eigenvalue weighted by Crippen LogP contribution is -3.06. The van der Waals surface area contributed by atoms with Gasteiger partial charge in [0.2, 0.25) is 0 Å². The number of anilines is 2. The third-order valence-corrected chi connectivity index (χ3v) is 3.91. The van der Waals surface area contributed by atoms with E-state index < -0.39 is 0 Å². The van der Waals surface area contributed by atoms with Gasteiger partial charge in [0.15, 0.2) is 5.11 Å². The lowest BCUT2D eigenvalue weighted by atomic mass is 10.2. The fraction of sp³-hybridized carbons (Fsp3) is 0.263. The Balaban J connectivity index is 1.87. The molecule has 2 rings (SSSR count). The second-order valence-electron chi connectivity index (χ2n) is 6.10. The van der Waals surface area contributed by atoms with E-state index in [0.717, 1.165) is 24.5 Å². The van der Waals surface area contributed by atoms with Crippen molar-refractivity contribution < 1.29 is 14.4 Å². The summed E-state index contributed by atoms with van der Waals surface area (Å²) >= 11 is 5.26. The number of hydrogen-bond acceptors (Lipinski definition) is 3. The second-order valence-corrected chi connectivity index (χ2v) is 6.51. The molecule has 2 aromatic carbocycles. The molecule has 2 aromatic rings. The third kappa shape index (κ3) is 6.34. The predicted molar refractivity (Wildman–Crippen MR) is 109 cm³/mol. The summed E-state index contributed by atoms with van der Waals surface area (Å²) in [6.45, 7) is 1.78. The monoisotopic (exact) mass is 373 g/mol. The number of rotatable bonds is 7. The van der Waals surface area contributed by atoms with Crippen molar-refractivity contribution in [3.05, 3.63) is 54.1 Å². The first-order valence-electron chi connectivity index (χ1n) is 8.37. The van der Waals surface area contributed by atoms with Crippen molar-refractivity contribution in [3.8, 4) is 5.75 Å². The molecule has 0 bridgehead atoms. The van der Waals surface area contributed by atoms with Gasteiger partial charge in [-0.2, -0.15) is 0 Å². The van der Waals surface area contributed by atoms with E-state index in [2.05, 4.69) is 30.0 Å². The number of carbonyl (C=O) groups excluding carboxylic acids is 1. The van der Waals surface area contributed by atoms with Gasteiger partial charge >= 0.3 is 0 Å². The highest BCUT2D eigenvalue weighted by molar-refractivity contribution is 7.80. The molecule has 0 aromatic heterocycles. The van der Waals surface area contributed by atoms with Crippen LogP contribution in [-0.4, -0.2) is 45.3 Å². The maximum atomic E-state index is 12.3. The Morgan fingerprint density at radius 1 is 1.00 bits per heavy atom. The zero-order chi connectivity index (χ0) is 18.9. The highest BCUT2D eigenvalue weighted by Crippen LogP contribution is 2.16. The summed E-state index contributed by atoms with van der Waals surface area (Å²) in [6, 6.07) is 14.4. The van der Waals surface area contributed by atoms with Crippen LogP contribution in [-0.2, 0) is 0 Å². The van der Waals surface area contributed by atoms with Gasteiger partial charge in [-0.15, -0.1) is 0 Å². The number of likely N-dealkylation sites (N-methyl/N-ethyl adjacent to an activating group) is 1. The van der Waals surface area contributed by atoms with Crippen molar-refractivity contribution in [3.63, 3.8) is 0 Å². The second kappa shape index (κ2) is 9.74. The first-order chi connectivity index (χ1) is 12.5. The van der Waals surface area contributed by atoms with Crippen molar-refractivity contribution in [2.75, 3.05) is 44.9 Å². The van der Waals surface area contributed by atoms with Crippen molar-refractivity contribution in [1.82, 2.24) is 5.32 Å². The topological polar surface area (TPSA) is 66.8 Å². The van der Waals surface area contributed by atoms with Crippen LogP contribution in [0.3, 0.4) is 0 Å². The predicted octanol–water partition coefficient (Wildman–Crippen LogP) is 1.38. The molecule has 0 aliphatic rings. The maximum absolute atomic E-state index is 12.3. The first-order valence-corrected chi connectivity index (χ1v) is 8.78. The number of hydrogen-bond donors (Lipinski definition) is 4. The number of thiocarbonyl (C=S) groups is 1. The normalized spacial score (nSPS) is 10.3. The summed E-state index contributed by atoms with van der Waals surface area (Å²) in [5.74, 6) is 0.575. The van der Waals surface area contributed by atoms with Gasteiger partial charge in [0.05, 0.1) is 34.3 Å². The Hall–Kier alpha value is -2.64.